The van der Waals surface area contributed by atoms with Crippen LogP contribution in [0.1, 0.15) is 26.7 Å². The third kappa shape index (κ3) is 4.96. The lowest BCUT2D eigenvalue weighted by Gasteiger charge is -2.14. The summed E-state index contributed by atoms with van der Waals surface area (Å²) in [5.41, 5.74) is 3.42. The number of aryl methyl sites for hydroxylation is 4. The Morgan fingerprint density at radius 3 is 2.46 bits per heavy atom. The molecule has 5 nitrogen and oxygen atoms in total. The van der Waals surface area contributed by atoms with E-state index in [0.29, 0.717) is 19.7 Å². The fraction of sp³-hybridized carbons (Fsp3) is 0.444. The monoisotopic (exact) mass is 346 g/mol. The third-order valence-electron chi connectivity index (χ3n) is 3.75. The minimum absolute atomic E-state index is 0.585. The summed E-state index contributed by atoms with van der Waals surface area (Å²) >= 11 is 1.71. The van der Waals surface area contributed by atoms with Gasteiger partial charge in [0.05, 0.1) is 18.8 Å². The van der Waals surface area contributed by atoms with E-state index < -0.39 is 0 Å². The van der Waals surface area contributed by atoms with Gasteiger partial charge in [0.15, 0.2) is 5.96 Å². The van der Waals surface area contributed by atoms with Crippen LogP contribution in [0.15, 0.2) is 23.2 Å². The highest BCUT2D eigenvalue weighted by molar-refractivity contribution is 7.11. The van der Waals surface area contributed by atoms with E-state index in [1.54, 1.807) is 18.4 Å². The van der Waals surface area contributed by atoms with E-state index in [1.807, 2.05) is 13.0 Å². The van der Waals surface area contributed by atoms with Gasteiger partial charge in [0.25, 0.3) is 0 Å². The van der Waals surface area contributed by atoms with Crippen LogP contribution in [-0.2, 0) is 6.54 Å². The number of hydrogen-bond acceptors (Lipinski definition) is 4. The molecule has 0 aliphatic heterocycles. The molecule has 1 aromatic carbocycles. The summed E-state index contributed by atoms with van der Waals surface area (Å²) in [6.45, 7) is 10.2. The SMILES string of the molecule is CN=C(NCCOc1c(C)cccc1C)NCc1nc(C)c(C)s1. The molecular formula is C18H26N4OS. The van der Waals surface area contributed by atoms with Gasteiger partial charge >= 0.3 is 0 Å². The molecule has 2 aromatic rings. The molecule has 0 aliphatic carbocycles. The molecule has 2 rings (SSSR count). The molecule has 2 N–H and O–H groups in total. The molecule has 0 aliphatic rings. The van der Waals surface area contributed by atoms with E-state index in [4.69, 9.17) is 4.74 Å². The van der Waals surface area contributed by atoms with Crippen molar-refractivity contribution in [1.29, 1.82) is 0 Å². The predicted octanol–water partition coefficient (Wildman–Crippen LogP) is 3.12. The average molecular weight is 347 g/mol. The lowest BCUT2D eigenvalue weighted by molar-refractivity contribution is 0.317. The Kier molecular flexibility index (Phi) is 6.61. The number of guanidine groups is 1. The van der Waals surface area contributed by atoms with Gasteiger partial charge in [-0.05, 0) is 38.8 Å². The molecule has 1 heterocycles. The quantitative estimate of drug-likeness (QED) is 0.479. The van der Waals surface area contributed by atoms with Gasteiger partial charge in [0.1, 0.15) is 17.4 Å². The normalized spacial score (nSPS) is 11.5. The Labute approximate surface area is 148 Å². The maximum Gasteiger partial charge on any atom is 0.191 e. The Hall–Kier alpha value is -2.08. The van der Waals surface area contributed by atoms with Crippen molar-refractivity contribution in [2.75, 3.05) is 20.2 Å². The topological polar surface area (TPSA) is 58.5 Å². The fourth-order valence-corrected chi connectivity index (χ4v) is 3.22. The van der Waals surface area contributed by atoms with Crippen LogP contribution in [0.5, 0.6) is 5.75 Å². The van der Waals surface area contributed by atoms with Gasteiger partial charge in [-0.3, -0.25) is 4.99 Å². The second-order valence-corrected chi connectivity index (χ2v) is 6.96. The molecule has 0 radical (unpaired) electrons. The Morgan fingerprint density at radius 1 is 1.17 bits per heavy atom. The second kappa shape index (κ2) is 8.68. The van der Waals surface area contributed by atoms with Crippen molar-refractivity contribution in [3.63, 3.8) is 0 Å². The smallest absolute Gasteiger partial charge is 0.191 e. The van der Waals surface area contributed by atoms with E-state index in [-0.39, 0.29) is 0 Å². The van der Waals surface area contributed by atoms with Crippen LogP contribution in [0, 0.1) is 27.7 Å². The number of nitrogens with one attached hydrogen (secondary N) is 2. The van der Waals surface area contributed by atoms with Gasteiger partial charge in [0, 0.05) is 11.9 Å². The molecule has 1 aromatic heterocycles. The maximum atomic E-state index is 5.89. The largest absolute Gasteiger partial charge is 0.491 e. The number of nitrogens with zero attached hydrogens (tertiary/aromatic N) is 2. The van der Waals surface area contributed by atoms with Crippen molar-refractivity contribution < 1.29 is 4.74 Å². The average Bonchev–Trinajstić information content (AvgIpc) is 2.87. The van der Waals surface area contributed by atoms with E-state index in [2.05, 4.69) is 53.5 Å². The summed E-state index contributed by atoms with van der Waals surface area (Å²) < 4.78 is 5.89. The lowest BCUT2D eigenvalue weighted by Crippen LogP contribution is -2.38. The van der Waals surface area contributed by atoms with Crippen molar-refractivity contribution in [2.24, 2.45) is 4.99 Å². The van der Waals surface area contributed by atoms with E-state index in [9.17, 15) is 0 Å². The van der Waals surface area contributed by atoms with Crippen molar-refractivity contribution in [1.82, 2.24) is 15.6 Å². The van der Waals surface area contributed by atoms with Crippen LogP contribution in [0.25, 0.3) is 0 Å². The molecule has 0 fully saturated rings. The number of aromatic nitrogens is 1. The molecule has 0 unspecified atom stereocenters. The number of ether oxygens (including phenoxy) is 1. The summed E-state index contributed by atoms with van der Waals surface area (Å²) in [5, 5.41) is 7.61. The Balaban J connectivity index is 1.76. The molecule has 24 heavy (non-hydrogen) atoms. The molecule has 6 heteroatoms. The first kappa shape index (κ1) is 18.3. The van der Waals surface area contributed by atoms with E-state index in [1.165, 1.54) is 4.88 Å². The highest BCUT2D eigenvalue weighted by Crippen LogP contribution is 2.21. The van der Waals surface area contributed by atoms with Crippen molar-refractivity contribution >= 4 is 17.3 Å². The summed E-state index contributed by atoms with van der Waals surface area (Å²) in [6.07, 6.45) is 0. The van der Waals surface area contributed by atoms with Crippen LogP contribution >= 0.6 is 11.3 Å². The number of hydrogen-bond donors (Lipinski definition) is 2. The van der Waals surface area contributed by atoms with Crippen LogP contribution < -0.4 is 15.4 Å². The van der Waals surface area contributed by atoms with E-state index >= 15 is 0 Å². The van der Waals surface area contributed by atoms with Gasteiger partial charge < -0.3 is 15.4 Å². The number of rotatable bonds is 6. The highest BCUT2D eigenvalue weighted by atomic mass is 32.1. The van der Waals surface area contributed by atoms with Gasteiger partial charge in [-0.15, -0.1) is 11.3 Å². The van der Waals surface area contributed by atoms with Gasteiger partial charge in [-0.25, -0.2) is 4.98 Å². The van der Waals surface area contributed by atoms with Gasteiger partial charge in [-0.2, -0.15) is 0 Å². The zero-order valence-corrected chi connectivity index (χ0v) is 15.9. The fourth-order valence-electron chi connectivity index (χ4n) is 2.34. The first-order valence-corrected chi connectivity index (χ1v) is 8.89. The number of benzene rings is 1. The summed E-state index contributed by atoms with van der Waals surface area (Å²) in [5.74, 6) is 1.72. The van der Waals surface area contributed by atoms with Crippen LogP contribution in [-0.4, -0.2) is 31.1 Å². The Bertz CT molecular complexity index is 669. The molecule has 0 spiro atoms. The number of aliphatic imine (C=N–C) groups is 1. The minimum atomic E-state index is 0.585. The zero-order chi connectivity index (χ0) is 17.5. The summed E-state index contributed by atoms with van der Waals surface area (Å²) in [6, 6.07) is 6.17. The van der Waals surface area contributed by atoms with Crippen LogP contribution in [0.4, 0.5) is 0 Å². The molecule has 130 valence electrons. The second-order valence-electron chi connectivity index (χ2n) is 5.67. The summed E-state index contributed by atoms with van der Waals surface area (Å²) in [4.78, 5) is 10.0. The maximum absolute atomic E-state index is 5.89. The van der Waals surface area contributed by atoms with Gasteiger partial charge in [-0.1, -0.05) is 18.2 Å². The number of para-hydroxylation sites is 1. The molecule has 0 saturated heterocycles. The summed E-state index contributed by atoms with van der Waals surface area (Å²) in [7, 11) is 1.76. The first-order chi connectivity index (χ1) is 11.5. The predicted molar refractivity (Wildman–Crippen MR) is 101 cm³/mol. The zero-order valence-electron chi connectivity index (χ0n) is 15.1. The first-order valence-electron chi connectivity index (χ1n) is 8.07. The van der Waals surface area contributed by atoms with Gasteiger partial charge in [0.2, 0.25) is 0 Å². The molecule has 0 atom stereocenters. The Morgan fingerprint density at radius 2 is 1.88 bits per heavy atom. The molecule has 0 amide bonds. The van der Waals surface area contributed by atoms with Crippen molar-refractivity contribution in [2.45, 2.75) is 34.2 Å². The molecule has 0 bridgehead atoms. The van der Waals surface area contributed by atoms with Crippen LogP contribution in [0.3, 0.4) is 0 Å². The van der Waals surface area contributed by atoms with Crippen molar-refractivity contribution in [3.05, 3.63) is 44.9 Å². The standard InChI is InChI=1S/C18H26N4OS/c1-12-7-6-8-13(2)17(12)23-10-9-20-18(19-5)21-11-16-22-14(3)15(4)24-16/h6-8H,9-11H2,1-5H3,(H2,19,20,21). The minimum Gasteiger partial charge on any atom is -0.491 e. The van der Waals surface area contributed by atoms with E-state index in [0.717, 1.165) is 33.5 Å². The lowest BCUT2D eigenvalue weighted by atomic mass is 10.1. The van der Waals surface area contributed by atoms with Crippen molar-refractivity contribution in [3.8, 4) is 5.75 Å². The highest BCUT2D eigenvalue weighted by Gasteiger charge is 2.05. The number of thiazole rings is 1. The van der Waals surface area contributed by atoms with Crippen LogP contribution in [0.2, 0.25) is 0 Å². The molecular weight excluding hydrogens is 320 g/mol. The molecule has 0 saturated carbocycles. The third-order valence-corrected chi connectivity index (χ3v) is 4.83.